The fourth-order valence-electron chi connectivity index (χ4n) is 1.26. The van der Waals surface area contributed by atoms with Crippen molar-refractivity contribution in [3.8, 4) is 5.75 Å². The molecule has 2 atom stereocenters. The smallest absolute Gasteiger partial charge is 0.126 e. The van der Waals surface area contributed by atoms with Crippen molar-refractivity contribution in [3.05, 3.63) is 29.6 Å². The van der Waals surface area contributed by atoms with Crippen molar-refractivity contribution in [2.75, 3.05) is 5.75 Å². The largest absolute Gasteiger partial charge is 0.507 e. The molecule has 1 rings (SSSR count). The summed E-state index contributed by atoms with van der Waals surface area (Å²) in [7, 11) is 0. The highest BCUT2D eigenvalue weighted by molar-refractivity contribution is 7.80. The molecular formula is C10H13FO3S. The predicted molar refractivity (Wildman–Crippen MR) is 57.5 cm³/mol. The molecule has 0 fully saturated rings. The van der Waals surface area contributed by atoms with Crippen molar-refractivity contribution in [1.29, 1.82) is 0 Å². The van der Waals surface area contributed by atoms with Gasteiger partial charge in [0.1, 0.15) is 17.7 Å². The molecule has 0 radical (unpaired) electrons. The average Bonchev–Trinajstić information content (AvgIpc) is 2.17. The minimum atomic E-state index is -1.22. The molecule has 0 heterocycles. The van der Waals surface area contributed by atoms with E-state index in [4.69, 9.17) is 0 Å². The zero-order chi connectivity index (χ0) is 11.4. The van der Waals surface area contributed by atoms with Crippen molar-refractivity contribution >= 4 is 12.6 Å². The van der Waals surface area contributed by atoms with Gasteiger partial charge in [0.2, 0.25) is 0 Å². The van der Waals surface area contributed by atoms with Gasteiger partial charge in [0.25, 0.3) is 0 Å². The Morgan fingerprint density at radius 3 is 2.53 bits per heavy atom. The van der Waals surface area contributed by atoms with E-state index in [0.717, 1.165) is 12.1 Å². The lowest BCUT2D eigenvalue weighted by atomic mass is 10.0. The SMILES string of the molecule is Oc1cc(F)ccc1C(O)C(O)CCS. The molecule has 0 bridgehead atoms. The molecule has 15 heavy (non-hydrogen) atoms. The lowest BCUT2D eigenvalue weighted by molar-refractivity contribution is 0.0159. The van der Waals surface area contributed by atoms with Crippen LogP contribution in [-0.2, 0) is 0 Å². The Hall–Kier alpha value is -0.780. The standard InChI is InChI=1S/C10H13FO3S/c11-6-1-2-7(9(13)5-6)10(14)8(12)3-4-15/h1-2,5,8,10,12-15H,3-4H2. The molecule has 3 N–H and O–H groups in total. The van der Waals surface area contributed by atoms with Crippen LogP contribution in [0.15, 0.2) is 18.2 Å². The van der Waals surface area contributed by atoms with Crippen LogP contribution in [0.3, 0.4) is 0 Å². The quantitative estimate of drug-likeness (QED) is 0.591. The third-order valence-electron chi connectivity index (χ3n) is 2.10. The summed E-state index contributed by atoms with van der Waals surface area (Å²) in [6.45, 7) is 0. The van der Waals surface area contributed by atoms with Crippen LogP contribution in [0.1, 0.15) is 18.1 Å². The van der Waals surface area contributed by atoms with E-state index >= 15 is 0 Å². The molecule has 1 aromatic carbocycles. The fraction of sp³-hybridized carbons (Fsp3) is 0.400. The van der Waals surface area contributed by atoms with Crippen molar-refractivity contribution < 1.29 is 19.7 Å². The van der Waals surface area contributed by atoms with Crippen molar-refractivity contribution in [2.45, 2.75) is 18.6 Å². The van der Waals surface area contributed by atoms with Gasteiger partial charge in [0, 0.05) is 11.6 Å². The molecule has 0 aliphatic carbocycles. The van der Waals surface area contributed by atoms with Gasteiger partial charge in [-0.3, -0.25) is 0 Å². The molecule has 0 spiro atoms. The first-order valence-corrected chi connectivity index (χ1v) is 5.15. The number of aliphatic hydroxyl groups excluding tert-OH is 2. The van der Waals surface area contributed by atoms with Crippen LogP contribution in [0.2, 0.25) is 0 Å². The third-order valence-corrected chi connectivity index (χ3v) is 2.36. The Labute approximate surface area is 92.6 Å². The van der Waals surface area contributed by atoms with Crippen LogP contribution in [0, 0.1) is 5.82 Å². The molecule has 0 aliphatic rings. The number of aliphatic hydroxyl groups is 2. The van der Waals surface area contributed by atoms with Gasteiger partial charge in [-0.05, 0) is 24.3 Å². The Morgan fingerprint density at radius 2 is 2.00 bits per heavy atom. The second-order valence-electron chi connectivity index (χ2n) is 3.23. The molecule has 0 saturated carbocycles. The van der Waals surface area contributed by atoms with Gasteiger partial charge >= 0.3 is 0 Å². The van der Waals surface area contributed by atoms with E-state index in [2.05, 4.69) is 12.6 Å². The Balaban J connectivity index is 2.86. The van der Waals surface area contributed by atoms with Gasteiger partial charge in [-0.15, -0.1) is 0 Å². The maximum atomic E-state index is 12.6. The highest BCUT2D eigenvalue weighted by atomic mass is 32.1. The van der Waals surface area contributed by atoms with Gasteiger partial charge in [-0.2, -0.15) is 12.6 Å². The van der Waals surface area contributed by atoms with E-state index in [1.54, 1.807) is 0 Å². The first-order valence-electron chi connectivity index (χ1n) is 4.51. The van der Waals surface area contributed by atoms with Crippen LogP contribution < -0.4 is 0 Å². The minimum Gasteiger partial charge on any atom is -0.507 e. The predicted octanol–water partition coefficient (Wildman–Crippen LogP) is 1.25. The summed E-state index contributed by atoms with van der Waals surface area (Å²) in [4.78, 5) is 0. The summed E-state index contributed by atoms with van der Waals surface area (Å²) in [5.41, 5.74) is 0.116. The number of benzene rings is 1. The minimum absolute atomic E-state index is 0.116. The molecule has 0 amide bonds. The van der Waals surface area contributed by atoms with Crippen LogP contribution >= 0.6 is 12.6 Å². The molecule has 0 saturated heterocycles. The van der Waals surface area contributed by atoms with Gasteiger partial charge in [-0.25, -0.2) is 4.39 Å². The maximum Gasteiger partial charge on any atom is 0.126 e. The number of thiol groups is 1. The number of halogens is 1. The number of phenolic OH excluding ortho intramolecular Hbond substituents is 1. The molecule has 1 aromatic rings. The number of hydrogen-bond donors (Lipinski definition) is 4. The second kappa shape index (κ2) is 5.34. The molecule has 0 aliphatic heterocycles. The summed E-state index contributed by atoms with van der Waals surface area (Å²) in [5.74, 6) is -0.534. The summed E-state index contributed by atoms with van der Waals surface area (Å²) in [6.07, 6.45) is -1.95. The monoisotopic (exact) mass is 232 g/mol. The van der Waals surface area contributed by atoms with Gasteiger partial charge < -0.3 is 15.3 Å². The van der Waals surface area contributed by atoms with E-state index in [1.807, 2.05) is 0 Å². The van der Waals surface area contributed by atoms with Crippen molar-refractivity contribution in [3.63, 3.8) is 0 Å². The van der Waals surface area contributed by atoms with Crippen LogP contribution in [-0.4, -0.2) is 27.2 Å². The van der Waals surface area contributed by atoms with Crippen LogP contribution in [0.4, 0.5) is 4.39 Å². The molecular weight excluding hydrogens is 219 g/mol. The first kappa shape index (κ1) is 12.3. The maximum absolute atomic E-state index is 12.6. The molecule has 5 heteroatoms. The molecule has 3 nitrogen and oxygen atoms in total. The van der Waals surface area contributed by atoms with Crippen LogP contribution in [0.25, 0.3) is 0 Å². The zero-order valence-corrected chi connectivity index (χ0v) is 8.86. The molecule has 2 unspecified atom stereocenters. The second-order valence-corrected chi connectivity index (χ2v) is 3.67. The van der Waals surface area contributed by atoms with Gasteiger partial charge in [0.15, 0.2) is 0 Å². The molecule has 0 aromatic heterocycles. The van der Waals surface area contributed by atoms with E-state index in [0.29, 0.717) is 12.2 Å². The Morgan fingerprint density at radius 1 is 1.33 bits per heavy atom. The van der Waals surface area contributed by atoms with E-state index < -0.39 is 18.0 Å². The van der Waals surface area contributed by atoms with E-state index in [1.165, 1.54) is 6.07 Å². The van der Waals surface area contributed by atoms with Crippen molar-refractivity contribution in [2.24, 2.45) is 0 Å². The first-order chi connectivity index (χ1) is 7.06. The molecule has 84 valence electrons. The number of rotatable bonds is 4. The highest BCUT2D eigenvalue weighted by Crippen LogP contribution is 2.28. The number of phenols is 1. The fourth-order valence-corrected chi connectivity index (χ4v) is 1.53. The number of aromatic hydroxyl groups is 1. The third kappa shape index (κ3) is 3.09. The van der Waals surface area contributed by atoms with Gasteiger partial charge in [0.05, 0.1) is 6.10 Å². The average molecular weight is 232 g/mol. The van der Waals surface area contributed by atoms with E-state index in [9.17, 15) is 19.7 Å². The van der Waals surface area contributed by atoms with E-state index in [-0.39, 0.29) is 11.3 Å². The zero-order valence-electron chi connectivity index (χ0n) is 7.97. The summed E-state index contributed by atoms with van der Waals surface area (Å²) in [5, 5.41) is 28.4. The highest BCUT2D eigenvalue weighted by Gasteiger charge is 2.20. The topological polar surface area (TPSA) is 60.7 Å². The van der Waals surface area contributed by atoms with Gasteiger partial charge in [-0.1, -0.05) is 0 Å². The lowest BCUT2D eigenvalue weighted by Crippen LogP contribution is -2.18. The summed E-state index contributed by atoms with van der Waals surface area (Å²) in [6, 6.07) is 3.26. The van der Waals surface area contributed by atoms with Crippen molar-refractivity contribution in [1.82, 2.24) is 0 Å². The normalized spacial score (nSPS) is 14.9. The summed E-state index contributed by atoms with van der Waals surface area (Å²) >= 11 is 3.92. The summed E-state index contributed by atoms with van der Waals surface area (Å²) < 4.78 is 12.6. The Kier molecular flexibility index (Phi) is 4.38. The lowest BCUT2D eigenvalue weighted by Gasteiger charge is -2.18. The number of hydrogen-bond acceptors (Lipinski definition) is 4. The Bertz CT molecular complexity index is 332. The van der Waals surface area contributed by atoms with Crippen LogP contribution in [0.5, 0.6) is 5.75 Å².